The summed E-state index contributed by atoms with van der Waals surface area (Å²) in [6, 6.07) is 4.57. The van der Waals surface area contributed by atoms with Crippen LogP contribution in [-0.4, -0.2) is 22.2 Å². The molecule has 3 nitrogen and oxygen atoms in total. The van der Waals surface area contributed by atoms with Crippen LogP contribution in [0.5, 0.6) is 0 Å². The van der Waals surface area contributed by atoms with Crippen molar-refractivity contribution in [1.29, 1.82) is 0 Å². The molecule has 2 rings (SSSR count). The molecule has 1 aromatic heterocycles. The second-order valence-electron chi connectivity index (χ2n) is 4.63. The first-order valence-corrected chi connectivity index (χ1v) is 6.11. The number of aliphatic hydroxyl groups is 1. The Morgan fingerprint density at radius 1 is 1.31 bits per heavy atom. The van der Waals surface area contributed by atoms with Crippen molar-refractivity contribution >= 4 is 0 Å². The molecule has 2 N–H and O–H groups in total. The average molecular weight is 220 g/mol. The summed E-state index contributed by atoms with van der Waals surface area (Å²) in [6.07, 6.45) is 7.83. The molecule has 1 saturated carbocycles. The second kappa shape index (κ2) is 5.41. The minimum atomic E-state index is -0.182. The highest BCUT2D eigenvalue weighted by Gasteiger charge is 2.24. The van der Waals surface area contributed by atoms with Gasteiger partial charge in [0.2, 0.25) is 0 Å². The van der Waals surface area contributed by atoms with Gasteiger partial charge >= 0.3 is 0 Å². The van der Waals surface area contributed by atoms with Gasteiger partial charge in [0, 0.05) is 24.5 Å². The van der Waals surface area contributed by atoms with Gasteiger partial charge in [-0.3, -0.25) is 4.98 Å². The molecule has 0 aromatic carbocycles. The van der Waals surface area contributed by atoms with Crippen LogP contribution in [0.4, 0.5) is 0 Å². The molecule has 88 valence electrons. The van der Waals surface area contributed by atoms with Gasteiger partial charge in [-0.05, 0) is 37.5 Å². The third kappa shape index (κ3) is 2.80. The molecule has 0 bridgehead atoms. The Hall–Kier alpha value is -0.930. The molecular weight excluding hydrogens is 200 g/mol. The number of rotatable bonds is 3. The van der Waals surface area contributed by atoms with Crippen molar-refractivity contribution in [2.45, 2.75) is 50.8 Å². The van der Waals surface area contributed by atoms with Gasteiger partial charge in [0.15, 0.2) is 0 Å². The highest BCUT2D eigenvalue weighted by molar-refractivity contribution is 5.14. The number of hydrogen-bond donors (Lipinski definition) is 2. The number of nitrogens with zero attached hydrogens (tertiary/aromatic N) is 1. The average Bonchev–Trinajstić information content (AvgIpc) is 2.33. The lowest BCUT2D eigenvalue weighted by atomic mass is 9.91. The van der Waals surface area contributed by atoms with Crippen LogP contribution < -0.4 is 5.32 Å². The Morgan fingerprint density at radius 3 is 2.69 bits per heavy atom. The maximum absolute atomic E-state index is 9.89. The van der Waals surface area contributed by atoms with Crippen molar-refractivity contribution in [3.05, 3.63) is 30.1 Å². The van der Waals surface area contributed by atoms with Crippen LogP contribution in [0.25, 0.3) is 0 Å². The molecule has 1 heterocycles. The molecule has 3 atom stereocenters. The first-order chi connectivity index (χ1) is 7.77. The number of aromatic nitrogens is 1. The Kier molecular flexibility index (Phi) is 3.91. The van der Waals surface area contributed by atoms with E-state index in [1.54, 1.807) is 0 Å². The van der Waals surface area contributed by atoms with Crippen LogP contribution in [0.1, 0.15) is 44.2 Å². The number of pyridine rings is 1. The lowest BCUT2D eigenvalue weighted by Crippen LogP contribution is -2.43. The van der Waals surface area contributed by atoms with Crippen molar-refractivity contribution in [3.8, 4) is 0 Å². The van der Waals surface area contributed by atoms with E-state index in [0.29, 0.717) is 0 Å². The standard InChI is InChI=1S/C13H20N2O/c1-10(11-6-8-14-9-7-11)15-12-4-2-3-5-13(12)16/h6-10,12-13,15-16H,2-5H2,1H3/t10-,12-,13-/m0/s1. The third-order valence-corrected chi connectivity index (χ3v) is 3.40. The van der Waals surface area contributed by atoms with Gasteiger partial charge in [0.05, 0.1) is 6.10 Å². The maximum atomic E-state index is 9.89. The van der Waals surface area contributed by atoms with E-state index >= 15 is 0 Å². The van der Waals surface area contributed by atoms with Gasteiger partial charge in [-0.1, -0.05) is 12.8 Å². The SMILES string of the molecule is C[C@H](N[C@H]1CCCC[C@@H]1O)c1ccncc1. The van der Waals surface area contributed by atoms with Crippen LogP contribution in [0.3, 0.4) is 0 Å². The van der Waals surface area contributed by atoms with Crippen LogP contribution in [0.2, 0.25) is 0 Å². The van der Waals surface area contributed by atoms with E-state index in [9.17, 15) is 5.11 Å². The normalized spacial score (nSPS) is 27.6. The molecule has 1 fully saturated rings. The fourth-order valence-corrected chi connectivity index (χ4v) is 2.38. The van der Waals surface area contributed by atoms with Crippen molar-refractivity contribution in [1.82, 2.24) is 10.3 Å². The molecule has 0 aliphatic heterocycles. The summed E-state index contributed by atoms with van der Waals surface area (Å²) < 4.78 is 0. The third-order valence-electron chi connectivity index (χ3n) is 3.40. The second-order valence-corrected chi connectivity index (χ2v) is 4.63. The Balaban J connectivity index is 1.94. The zero-order valence-electron chi connectivity index (χ0n) is 9.76. The Labute approximate surface area is 96.9 Å². The predicted octanol–water partition coefficient (Wildman–Crippen LogP) is 2.04. The summed E-state index contributed by atoms with van der Waals surface area (Å²) >= 11 is 0. The summed E-state index contributed by atoms with van der Waals surface area (Å²) in [4.78, 5) is 4.01. The molecule has 0 amide bonds. The Bertz CT molecular complexity index is 315. The van der Waals surface area contributed by atoms with Gasteiger partial charge in [0.1, 0.15) is 0 Å². The minimum Gasteiger partial charge on any atom is -0.392 e. The van der Waals surface area contributed by atoms with Gasteiger partial charge in [0.25, 0.3) is 0 Å². The first-order valence-electron chi connectivity index (χ1n) is 6.11. The molecular formula is C13H20N2O. The van der Waals surface area contributed by atoms with Gasteiger partial charge in [-0.2, -0.15) is 0 Å². The number of aliphatic hydroxyl groups excluding tert-OH is 1. The summed E-state index contributed by atoms with van der Waals surface area (Å²) in [7, 11) is 0. The summed E-state index contributed by atoms with van der Waals surface area (Å²) in [5, 5.41) is 13.4. The van der Waals surface area contributed by atoms with Crippen molar-refractivity contribution in [2.75, 3.05) is 0 Å². The quantitative estimate of drug-likeness (QED) is 0.819. The van der Waals surface area contributed by atoms with Crippen LogP contribution in [0, 0.1) is 0 Å². The molecule has 0 radical (unpaired) electrons. The maximum Gasteiger partial charge on any atom is 0.0693 e. The minimum absolute atomic E-state index is 0.182. The number of nitrogens with one attached hydrogen (secondary N) is 1. The largest absolute Gasteiger partial charge is 0.392 e. The van der Waals surface area contributed by atoms with E-state index in [1.165, 1.54) is 12.0 Å². The zero-order chi connectivity index (χ0) is 11.4. The zero-order valence-corrected chi connectivity index (χ0v) is 9.76. The van der Waals surface area contributed by atoms with E-state index in [0.717, 1.165) is 19.3 Å². The molecule has 1 aliphatic rings. The highest BCUT2D eigenvalue weighted by Crippen LogP contribution is 2.21. The van der Waals surface area contributed by atoms with E-state index in [4.69, 9.17) is 0 Å². The topological polar surface area (TPSA) is 45.1 Å². The predicted molar refractivity (Wildman–Crippen MR) is 64.1 cm³/mol. The van der Waals surface area contributed by atoms with E-state index in [1.807, 2.05) is 24.5 Å². The van der Waals surface area contributed by atoms with E-state index in [2.05, 4.69) is 17.2 Å². The Morgan fingerprint density at radius 2 is 2.00 bits per heavy atom. The number of hydrogen-bond acceptors (Lipinski definition) is 3. The van der Waals surface area contributed by atoms with Gasteiger partial charge in [-0.15, -0.1) is 0 Å². The molecule has 3 heteroatoms. The highest BCUT2D eigenvalue weighted by atomic mass is 16.3. The van der Waals surface area contributed by atoms with Gasteiger partial charge in [-0.25, -0.2) is 0 Å². The van der Waals surface area contributed by atoms with Crippen molar-refractivity contribution < 1.29 is 5.11 Å². The van der Waals surface area contributed by atoms with Gasteiger partial charge < -0.3 is 10.4 Å². The molecule has 16 heavy (non-hydrogen) atoms. The molecule has 1 aliphatic carbocycles. The van der Waals surface area contributed by atoms with Crippen LogP contribution >= 0.6 is 0 Å². The smallest absolute Gasteiger partial charge is 0.0693 e. The van der Waals surface area contributed by atoms with E-state index < -0.39 is 0 Å². The van der Waals surface area contributed by atoms with E-state index in [-0.39, 0.29) is 18.2 Å². The molecule has 0 spiro atoms. The summed E-state index contributed by atoms with van der Waals surface area (Å²) in [5.41, 5.74) is 1.23. The summed E-state index contributed by atoms with van der Waals surface area (Å²) in [5.74, 6) is 0. The van der Waals surface area contributed by atoms with Crippen LogP contribution in [-0.2, 0) is 0 Å². The lowest BCUT2D eigenvalue weighted by molar-refractivity contribution is 0.0860. The van der Waals surface area contributed by atoms with Crippen LogP contribution in [0.15, 0.2) is 24.5 Å². The monoisotopic (exact) mass is 220 g/mol. The molecule has 0 unspecified atom stereocenters. The summed E-state index contributed by atoms with van der Waals surface area (Å²) in [6.45, 7) is 2.14. The fraction of sp³-hybridized carbons (Fsp3) is 0.615. The molecule has 0 saturated heterocycles. The first kappa shape index (κ1) is 11.6. The van der Waals surface area contributed by atoms with Crippen molar-refractivity contribution in [2.24, 2.45) is 0 Å². The fourth-order valence-electron chi connectivity index (χ4n) is 2.38. The molecule has 1 aromatic rings. The van der Waals surface area contributed by atoms with Crippen molar-refractivity contribution in [3.63, 3.8) is 0 Å². The lowest BCUT2D eigenvalue weighted by Gasteiger charge is -2.31.